The fourth-order valence-electron chi connectivity index (χ4n) is 4.29. The molecule has 5 rings (SSSR count). The average Bonchev–Trinajstić information content (AvgIpc) is 3.00. The fraction of sp³-hybridized carbons (Fsp3) is 0.364. The number of nitriles is 1. The quantitative estimate of drug-likeness (QED) is 0.839. The third kappa shape index (κ3) is 3.86. The summed E-state index contributed by atoms with van der Waals surface area (Å²) < 4.78 is 13.1. The van der Waals surface area contributed by atoms with Crippen molar-refractivity contribution >= 4 is 5.91 Å². The molecule has 0 radical (unpaired) electrons. The summed E-state index contributed by atoms with van der Waals surface area (Å²) in [5.74, 6) is 0.254. The first-order valence-electron chi connectivity index (χ1n) is 9.40. The Labute approximate surface area is 158 Å². The fourth-order valence-corrected chi connectivity index (χ4v) is 4.29. The Bertz CT molecular complexity index is 874. The lowest BCUT2D eigenvalue weighted by Gasteiger charge is -2.36. The summed E-state index contributed by atoms with van der Waals surface area (Å²) in [4.78, 5) is 17.4. The second kappa shape index (κ2) is 7.50. The van der Waals surface area contributed by atoms with Gasteiger partial charge in [0.15, 0.2) is 0 Å². The number of carbonyl (C=O) groups is 1. The molecule has 1 amide bonds. The molecular formula is C22H22FN3O. The van der Waals surface area contributed by atoms with Gasteiger partial charge in [0, 0.05) is 37.8 Å². The Hall–Kier alpha value is -2.71. The Morgan fingerprint density at radius 2 is 1.93 bits per heavy atom. The third-order valence-corrected chi connectivity index (χ3v) is 5.61. The molecule has 2 aromatic carbocycles. The molecule has 138 valence electrons. The van der Waals surface area contributed by atoms with Gasteiger partial charge in [-0.15, -0.1) is 0 Å². The number of piperidine rings is 1. The molecule has 0 saturated carbocycles. The molecule has 3 fully saturated rings. The van der Waals surface area contributed by atoms with Gasteiger partial charge in [0.2, 0.25) is 0 Å². The van der Waals surface area contributed by atoms with Crippen molar-refractivity contribution < 1.29 is 9.18 Å². The van der Waals surface area contributed by atoms with Crippen LogP contribution in [0.5, 0.6) is 0 Å². The van der Waals surface area contributed by atoms with Gasteiger partial charge in [-0.05, 0) is 54.7 Å². The van der Waals surface area contributed by atoms with Gasteiger partial charge in [0.05, 0.1) is 11.6 Å². The van der Waals surface area contributed by atoms with Crippen LogP contribution in [0.3, 0.4) is 0 Å². The highest BCUT2D eigenvalue weighted by molar-refractivity contribution is 5.95. The molecule has 2 aromatic rings. The molecule has 3 aliphatic heterocycles. The molecule has 0 spiro atoms. The summed E-state index contributed by atoms with van der Waals surface area (Å²) in [5, 5.41) is 9.09. The van der Waals surface area contributed by atoms with E-state index in [-0.39, 0.29) is 17.8 Å². The molecule has 2 bridgehead atoms. The van der Waals surface area contributed by atoms with Crippen molar-refractivity contribution in [3.05, 3.63) is 71.0 Å². The Balaban J connectivity index is 1.50. The minimum Gasteiger partial charge on any atom is -0.334 e. The molecule has 5 heteroatoms. The summed E-state index contributed by atoms with van der Waals surface area (Å²) in [7, 11) is 0. The lowest BCUT2D eigenvalue weighted by molar-refractivity contribution is 0.0585. The van der Waals surface area contributed by atoms with Crippen LogP contribution in [0.4, 0.5) is 4.39 Å². The predicted molar refractivity (Wildman–Crippen MR) is 100 cm³/mol. The lowest BCUT2D eigenvalue weighted by atomic mass is 9.94. The Kier molecular flexibility index (Phi) is 4.91. The Morgan fingerprint density at radius 3 is 2.70 bits per heavy atom. The van der Waals surface area contributed by atoms with Crippen LogP contribution in [-0.4, -0.2) is 41.4 Å². The average molecular weight is 363 g/mol. The first-order valence-corrected chi connectivity index (χ1v) is 9.40. The summed E-state index contributed by atoms with van der Waals surface area (Å²) in [6.45, 7) is 3.33. The summed E-state index contributed by atoms with van der Waals surface area (Å²) in [6.07, 6.45) is 2.14. The standard InChI is InChI=1S/C22H22FN3O/c23-20-7-4-16(5-8-20)12-25-13-18-6-9-21(15-25)26(14-18)22(27)19-3-1-2-17(10-19)11-24/h1-5,7-8,10,18,21H,6,9,12-15H2/t18-,21+/m0/s1. The molecule has 27 heavy (non-hydrogen) atoms. The molecule has 3 saturated heterocycles. The minimum absolute atomic E-state index is 0.0189. The second-order valence-corrected chi connectivity index (χ2v) is 7.57. The van der Waals surface area contributed by atoms with Gasteiger partial charge >= 0.3 is 0 Å². The van der Waals surface area contributed by atoms with Crippen LogP contribution in [0, 0.1) is 23.1 Å². The third-order valence-electron chi connectivity index (χ3n) is 5.61. The van der Waals surface area contributed by atoms with Crippen LogP contribution in [0.25, 0.3) is 0 Å². The zero-order valence-corrected chi connectivity index (χ0v) is 15.1. The van der Waals surface area contributed by atoms with E-state index in [0.717, 1.165) is 44.6 Å². The van der Waals surface area contributed by atoms with Crippen LogP contribution >= 0.6 is 0 Å². The number of halogens is 1. The molecule has 0 aromatic heterocycles. The summed E-state index contributed by atoms with van der Waals surface area (Å²) in [5.41, 5.74) is 2.20. The number of fused-ring (bicyclic) bond motifs is 4. The predicted octanol–water partition coefficient (Wildman–Crippen LogP) is 3.43. The van der Waals surface area contributed by atoms with E-state index in [4.69, 9.17) is 5.26 Å². The molecule has 2 atom stereocenters. The molecule has 3 heterocycles. The maximum Gasteiger partial charge on any atom is 0.254 e. The van der Waals surface area contributed by atoms with Crippen LogP contribution in [0.1, 0.15) is 34.3 Å². The van der Waals surface area contributed by atoms with Crippen molar-refractivity contribution in [1.29, 1.82) is 5.26 Å². The highest BCUT2D eigenvalue weighted by Crippen LogP contribution is 2.30. The van der Waals surface area contributed by atoms with E-state index in [1.54, 1.807) is 24.3 Å². The van der Waals surface area contributed by atoms with Gasteiger partial charge in [-0.1, -0.05) is 18.2 Å². The largest absolute Gasteiger partial charge is 0.334 e. The minimum atomic E-state index is -0.217. The van der Waals surface area contributed by atoms with Crippen molar-refractivity contribution in [1.82, 2.24) is 9.80 Å². The van der Waals surface area contributed by atoms with Gasteiger partial charge in [0.25, 0.3) is 5.91 Å². The zero-order chi connectivity index (χ0) is 18.8. The topological polar surface area (TPSA) is 47.3 Å². The number of carbonyl (C=O) groups excluding carboxylic acids is 1. The van der Waals surface area contributed by atoms with Crippen LogP contribution in [0.15, 0.2) is 48.5 Å². The van der Waals surface area contributed by atoms with Crippen molar-refractivity contribution in [2.75, 3.05) is 19.6 Å². The number of hydrogen-bond acceptors (Lipinski definition) is 3. The Morgan fingerprint density at radius 1 is 1.11 bits per heavy atom. The molecular weight excluding hydrogens is 341 g/mol. The van der Waals surface area contributed by atoms with E-state index in [1.807, 2.05) is 17.0 Å². The maximum absolute atomic E-state index is 13.1. The van der Waals surface area contributed by atoms with Crippen LogP contribution < -0.4 is 0 Å². The lowest BCUT2D eigenvalue weighted by Crippen LogP contribution is -2.47. The second-order valence-electron chi connectivity index (χ2n) is 7.57. The monoisotopic (exact) mass is 363 g/mol. The molecule has 0 aliphatic carbocycles. The van der Waals surface area contributed by atoms with Gasteiger partial charge in [0.1, 0.15) is 5.82 Å². The number of amides is 1. The van der Waals surface area contributed by atoms with E-state index in [9.17, 15) is 9.18 Å². The highest BCUT2D eigenvalue weighted by atomic mass is 19.1. The molecule has 3 aliphatic rings. The van der Waals surface area contributed by atoms with E-state index in [1.165, 1.54) is 12.1 Å². The first-order chi connectivity index (χ1) is 13.1. The van der Waals surface area contributed by atoms with Crippen molar-refractivity contribution in [3.63, 3.8) is 0 Å². The number of nitrogens with zero attached hydrogens (tertiary/aromatic N) is 3. The zero-order valence-electron chi connectivity index (χ0n) is 15.1. The van der Waals surface area contributed by atoms with Crippen molar-refractivity contribution in [2.45, 2.75) is 25.4 Å². The summed E-state index contributed by atoms with van der Waals surface area (Å²) in [6, 6.07) is 15.9. The van der Waals surface area contributed by atoms with Crippen LogP contribution in [-0.2, 0) is 6.54 Å². The summed E-state index contributed by atoms with van der Waals surface area (Å²) >= 11 is 0. The van der Waals surface area contributed by atoms with E-state index in [0.29, 0.717) is 17.0 Å². The van der Waals surface area contributed by atoms with Gasteiger partial charge in [-0.3, -0.25) is 9.69 Å². The van der Waals surface area contributed by atoms with Crippen molar-refractivity contribution in [3.8, 4) is 6.07 Å². The van der Waals surface area contributed by atoms with Gasteiger partial charge in [-0.2, -0.15) is 5.26 Å². The number of rotatable bonds is 3. The normalized spacial score (nSPS) is 22.3. The van der Waals surface area contributed by atoms with E-state index < -0.39 is 0 Å². The smallest absolute Gasteiger partial charge is 0.254 e. The van der Waals surface area contributed by atoms with Crippen LogP contribution in [0.2, 0.25) is 0 Å². The molecule has 4 nitrogen and oxygen atoms in total. The first kappa shape index (κ1) is 17.7. The molecule has 0 N–H and O–H groups in total. The van der Waals surface area contributed by atoms with Gasteiger partial charge in [-0.25, -0.2) is 4.39 Å². The van der Waals surface area contributed by atoms with Crippen molar-refractivity contribution in [2.24, 2.45) is 5.92 Å². The molecule has 0 unspecified atom stereocenters. The van der Waals surface area contributed by atoms with E-state index >= 15 is 0 Å². The maximum atomic E-state index is 13.1. The highest BCUT2D eigenvalue weighted by Gasteiger charge is 2.37. The number of benzene rings is 2. The number of hydrogen-bond donors (Lipinski definition) is 0. The SMILES string of the molecule is N#Cc1cccc(C(=O)N2C[C@H]3CC[C@@H]2CN(Cc2ccc(F)cc2)C3)c1. The van der Waals surface area contributed by atoms with E-state index in [2.05, 4.69) is 11.0 Å². The van der Waals surface area contributed by atoms with Gasteiger partial charge < -0.3 is 4.90 Å².